The summed E-state index contributed by atoms with van der Waals surface area (Å²) >= 11 is 0. The van der Waals surface area contributed by atoms with Crippen LogP contribution < -0.4 is 4.74 Å². The van der Waals surface area contributed by atoms with E-state index in [0.717, 1.165) is 26.8 Å². The van der Waals surface area contributed by atoms with Crippen LogP contribution in [0.2, 0.25) is 0 Å². The second-order valence-corrected chi connectivity index (χ2v) is 9.85. The van der Waals surface area contributed by atoms with Crippen LogP contribution in [0.1, 0.15) is 0 Å². The zero-order chi connectivity index (χ0) is 20.5. The number of nitrogens with zero attached hydrogens (tertiary/aromatic N) is 2. The highest BCUT2D eigenvalue weighted by atomic mass is 32.2. The number of rotatable bonds is 5. The highest BCUT2D eigenvalue weighted by molar-refractivity contribution is 7.89. The van der Waals surface area contributed by atoms with Crippen molar-refractivity contribution in [2.45, 2.75) is 9.79 Å². The molecule has 7 nitrogen and oxygen atoms in total. The lowest BCUT2D eigenvalue weighted by molar-refractivity contribution is 0.271. The normalized spacial score (nSPS) is 16.8. The molecule has 0 amide bonds. The van der Waals surface area contributed by atoms with Crippen LogP contribution >= 0.6 is 0 Å². The monoisotopic (exact) mass is 432 g/mol. The van der Waals surface area contributed by atoms with Crippen molar-refractivity contribution in [1.82, 2.24) is 8.61 Å². The molecular formula is C17H18F2N2O5S2. The summed E-state index contributed by atoms with van der Waals surface area (Å²) in [4.78, 5) is -0.980. The van der Waals surface area contributed by atoms with Gasteiger partial charge in [0.1, 0.15) is 17.4 Å². The first-order valence-corrected chi connectivity index (χ1v) is 11.1. The molecule has 152 valence electrons. The van der Waals surface area contributed by atoms with Crippen LogP contribution in [0.15, 0.2) is 52.3 Å². The van der Waals surface area contributed by atoms with Crippen molar-refractivity contribution < 1.29 is 30.4 Å². The van der Waals surface area contributed by atoms with Crippen molar-refractivity contribution in [3.05, 3.63) is 54.1 Å². The van der Waals surface area contributed by atoms with Crippen molar-refractivity contribution in [1.29, 1.82) is 0 Å². The number of ether oxygens (including phenoxy) is 1. The fourth-order valence-electron chi connectivity index (χ4n) is 2.91. The molecule has 0 bridgehead atoms. The fraction of sp³-hybridized carbons (Fsp3) is 0.294. The Morgan fingerprint density at radius 2 is 1.25 bits per heavy atom. The smallest absolute Gasteiger partial charge is 0.249 e. The molecular weight excluding hydrogens is 414 g/mol. The molecule has 1 saturated heterocycles. The standard InChI is InChI=1S/C17H18F2N2O5S2/c1-26-13-5-7-14(8-6-13)27(22,23)20-9-11-21(12-10-20)28(24,25)17-15(18)3-2-4-16(17)19/h2-8H,9-12H2,1H3. The SMILES string of the molecule is COc1ccc(S(=O)(=O)N2CCN(S(=O)(=O)c3c(F)cccc3F)CC2)cc1. The number of sulfonamides is 2. The summed E-state index contributed by atoms with van der Waals surface area (Å²) in [7, 11) is -6.79. The van der Waals surface area contributed by atoms with Crippen LogP contribution in [0.5, 0.6) is 5.75 Å². The third-order valence-electron chi connectivity index (χ3n) is 4.41. The highest BCUT2D eigenvalue weighted by Gasteiger charge is 2.36. The van der Waals surface area contributed by atoms with Crippen molar-refractivity contribution in [3.63, 3.8) is 0 Å². The molecule has 2 aromatic rings. The highest BCUT2D eigenvalue weighted by Crippen LogP contribution is 2.25. The van der Waals surface area contributed by atoms with Crippen LogP contribution in [0.3, 0.4) is 0 Å². The molecule has 0 aromatic heterocycles. The zero-order valence-corrected chi connectivity index (χ0v) is 16.5. The van der Waals surface area contributed by atoms with Crippen molar-refractivity contribution >= 4 is 20.0 Å². The van der Waals surface area contributed by atoms with E-state index in [-0.39, 0.29) is 31.1 Å². The maximum Gasteiger partial charge on any atom is 0.249 e. The lowest BCUT2D eigenvalue weighted by atomic mass is 10.3. The predicted molar refractivity (Wildman–Crippen MR) is 96.9 cm³/mol. The van der Waals surface area contributed by atoms with Gasteiger partial charge in [-0.1, -0.05) is 6.07 Å². The average Bonchev–Trinajstić information content (AvgIpc) is 2.68. The van der Waals surface area contributed by atoms with Gasteiger partial charge < -0.3 is 4.74 Å². The number of benzene rings is 2. The van der Waals surface area contributed by atoms with Crippen LogP contribution in [-0.2, 0) is 20.0 Å². The Labute approximate surface area is 162 Å². The Bertz CT molecular complexity index is 1040. The van der Waals surface area contributed by atoms with Gasteiger partial charge in [-0.25, -0.2) is 25.6 Å². The number of halogens is 2. The quantitative estimate of drug-likeness (QED) is 0.718. The van der Waals surface area contributed by atoms with Gasteiger partial charge in [-0.05, 0) is 36.4 Å². The van der Waals surface area contributed by atoms with E-state index in [2.05, 4.69) is 0 Å². The van der Waals surface area contributed by atoms with E-state index in [1.807, 2.05) is 0 Å². The average molecular weight is 432 g/mol. The molecule has 1 heterocycles. The van der Waals surface area contributed by atoms with Gasteiger partial charge >= 0.3 is 0 Å². The van der Waals surface area contributed by atoms with Crippen molar-refractivity contribution in [3.8, 4) is 5.75 Å². The number of hydrogen-bond acceptors (Lipinski definition) is 5. The number of piperazine rings is 1. The predicted octanol–water partition coefficient (Wildman–Crippen LogP) is 1.67. The molecule has 1 aliphatic rings. The summed E-state index contributed by atoms with van der Waals surface area (Å²) in [5.74, 6) is -1.87. The Balaban J connectivity index is 1.78. The molecule has 3 rings (SSSR count). The summed E-state index contributed by atoms with van der Waals surface area (Å²) in [6.45, 7) is -0.704. The molecule has 0 saturated carbocycles. The van der Waals surface area contributed by atoms with Gasteiger partial charge in [0.05, 0.1) is 12.0 Å². The minimum Gasteiger partial charge on any atom is -0.497 e. The van der Waals surface area contributed by atoms with Gasteiger partial charge in [-0.3, -0.25) is 0 Å². The van der Waals surface area contributed by atoms with E-state index in [1.54, 1.807) is 0 Å². The Morgan fingerprint density at radius 1 is 0.786 bits per heavy atom. The summed E-state index contributed by atoms with van der Waals surface area (Å²) in [5, 5.41) is 0. The van der Waals surface area contributed by atoms with E-state index < -0.39 is 36.6 Å². The first kappa shape index (κ1) is 20.6. The molecule has 0 radical (unpaired) electrons. The molecule has 0 aliphatic carbocycles. The maximum absolute atomic E-state index is 13.9. The molecule has 0 atom stereocenters. The largest absolute Gasteiger partial charge is 0.497 e. The molecule has 1 fully saturated rings. The van der Waals surface area contributed by atoms with Gasteiger partial charge in [0, 0.05) is 26.2 Å². The second kappa shape index (κ2) is 7.74. The molecule has 28 heavy (non-hydrogen) atoms. The molecule has 2 aromatic carbocycles. The van der Waals surface area contributed by atoms with Gasteiger partial charge in [-0.2, -0.15) is 8.61 Å². The van der Waals surface area contributed by atoms with Gasteiger partial charge in [0.2, 0.25) is 20.0 Å². The van der Waals surface area contributed by atoms with Gasteiger partial charge in [-0.15, -0.1) is 0 Å². The summed E-state index contributed by atoms with van der Waals surface area (Å²) in [6.07, 6.45) is 0. The molecule has 0 unspecified atom stereocenters. The van der Waals surface area contributed by atoms with Gasteiger partial charge in [0.15, 0.2) is 4.90 Å². The Morgan fingerprint density at radius 3 is 1.71 bits per heavy atom. The summed E-state index contributed by atoms with van der Waals surface area (Å²) in [6, 6.07) is 8.60. The van der Waals surface area contributed by atoms with Gasteiger partial charge in [0.25, 0.3) is 0 Å². The lowest BCUT2D eigenvalue weighted by Gasteiger charge is -2.33. The van der Waals surface area contributed by atoms with Crippen LogP contribution in [-0.4, -0.2) is 58.7 Å². The molecule has 11 heteroatoms. The Hall–Kier alpha value is -2.08. The van der Waals surface area contributed by atoms with Crippen molar-refractivity contribution in [2.24, 2.45) is 0 Å². The fourth-order valence-corrected chi connectivity index (χ4v) is 5.86. The molecule has 1 aliphatic heterocycles. The molecule has 0 spiro atoms. The van der Waals surface area contributed by atoms with Crippen LogP contribution in [0.4, 0.5) is 8.78 Å². The third kappa shape index (κ3) is 3.75. The van der Waals surface area contributed by atoms with E-state index in [9.17, 15) is 25.6 Å². The summed E-state index contributed by atoms with van der Waals surface area (Å²) < 4.78 is 85.4. The van der Waals surface area contributed by atoms with Crippen molar-refractivity contribution in [2.75, 3.05) is 33.3 Å². The first-order valence-electron chi connectivity index (χ1n) is 8.26. The van der Waals surface area contributed by atoms with Crippen LogP contribution in [0.25, 0.3) is 0 Å². The van der Waals surface area contributed by atoms with E-state index in [1.165, 1.54) is 31.4 Å². The maximum atomic E-state index is 13.9. The number of methoxy groups -OCH3 is 1. The van der Waals surface area contributed by atoms with E-state index in [4.69, 9.17) is 4.74 Å². The van der Waals surface area contributed by atoms with E-state index >= 15 is 0 Å². The zero-order valence-electron chi connectivity index (χ0n) is 14.9. The molecule has 0 N–H and O–H groups in total. The summed E-state index contributed by atoms with van der Waals surface area (Å²) in [5.41, 5.74) is 0. The topological polar surface area (TPSA) is 84.0 Å². The first-order chi connectivity index (χ1) is 13.2. The lowest BCUT2D eigenvalue weighted by Crippen LogP contribution is -2.50. The number of hydrogen-bond donors (Lipinski definition) is 0. The Kier molecular flexibility index (Phi) is 5.71. The van der Waals surface area contributed by atoms with E-state index in [0.29, 0.717) is 5.75 Å². The minimum atomic E-state index is -4.42. The minimum absolute atomic E-state index is 0.0461. The second-order valence-electron chi connectivity index (χ2n) is 6.03. The van der Waals surface area contributed by atoms with Crippen LogP contribution in [0, 0.1) is 11.6 Å². The third-order valence-corrected chi connectivity index (χ3v) is 8.28.